The van der Waals surface area contributed by atoms with Gasteiger partial charge in [-0.2, -0.15) is 0 Å². The Morgan fingerprint density at radius 2 is 2.75 bits per heavy atom. The summed E-state index contributed by atoms with van der Waals surface area (Å²) < 4.78 is 0. The van der Waals surface area contributed by atoms with Crippen LogP contribution in [0.4, 0.5) is 0 Å². The topological polar surface area (TPSA) is 17.2 Å². The summed E-state index contributed by atoms with van der Waals surface area (Å²) in [6.07, 6.45) is 1.72. The second kappa shape index (κ2) is 2.43. The highest BCUT2D eigenvalue weighted by Crippen LogP contribution is 2.05. The first kappa shape index (κ1) is 5.26. The summed E-state index contributed by atoms with van der Waals surface area (Å²) >= 11 is 1.52. The number of nitrogens with zero attached hydrogens (tertiary/aromatic N) is 2. The molecule has 0 aliphatic heterocycles. The lowest BCUT2D eigenvalue weighted by Gasteiger charge is -1.72. The van der Waals surface area contributed by atoms with E-state index in [1.807, 2.05) is 0 Å². The number of hydrogen-bond donors (Lipinski definition) is 0. The Morgan fingerprint density at radius 3 is 3.25 bits per heavy atom. The summed E-state index contributed by atoms with van der Waals surface area (Å²) in [5.41, 5.74) is 1.74. The minimum atomic E-state index is 0.477. The van der Waals surface area contributed by atoms with Crippen molar-refractivity contribution in [1.29, 1.82) is 0 Å². The molecule has 3 heteroatoms. The van der Waals surface area contributed by atoms with Gasteiger partial charge in [0.05, 0.1) is 5.51 Å². The van der Waals surface area contributed by atoms with Crippen molar-refractivity contribution in [3.8, 4) is 0 Å². The first-order valence-corrected chi connectivity index (χ1v) is 3.02. The summed E-state index contributed by atoms with van der Waals surface area (Å²) in [6, 6.07) is 0. The molecule has 1 rings (SSSR count). The van der Waals surface area contributed by atoms with Crippen molar-refractivity contribution in [2.75, 3.05) is 0 Å². The highest BCUT2D eigenvalue weighted by molar-refractivity contribution is 7.09. The smallest absolute Gasteiger partial charge is 0.250 e. The summed E-state index contributed by atoms with van der Waals surface area (Å²) in [7, 11) is 0. The molecule has 1 aromatic heterocycles. The third-order valence-electron chi connectivity index (χ3n) is 0.718. The molecule has 2 nitrogen and oxygen atoms in total. The van der Waals surface area contributed by atoms with Crippen LogP contribution >= 0.6 is 11.3 Å². The second-order valence-electron chi connectivity index (χ2n) is 1.28. The zero-order valence-electron chi connectivity index (χ0n) is 4.16. The molecule has 0 bridgehead atoms. The normalized spacial score (nSPS) is 8.38. The molecular formula is C5H4N2S. The molecule has 1 aromatic rings. The van der Waals surface area contributed by atoms with E-state index in [1.165, 1.54) is 11.3 Å². The Labute approximate surface area is 51.6 Å². The van der Waals surface area contributed by atoms with Gasteiger partial charge in [0.25, 0.3) is 0 Å². The summed E-state index contributed by atoms with van der Waals surface area (Å²) in [6.45, 7) is 6.96. The molecule has 0 aliphatic carbocycles. The van der Waals surface area contributed by atoms with Gasteiger partial charge < -0.3 is 4.85 Å². The lowest BCUT2D eigenvalue weighted by Crippen LogP contribution is -1.65. The molecule has 0 aliphatic rings. The van der Waals surface area contributed by atoms with Crippen molar-refractivity contribution in [3.05, 3.63) is 28.0 Å². The van der Waals surface area contributed by atoms with Crippen LogP contribution in [-0.2, 0) is 6.54 Å². The van der Waals surface area contributed by atoms with Crippen molar-refractivity contribution in [2.24, 2.45) is 0 Å². The number of rotatable bonds is 1. The van der Waals surface area contributed by atoms with Crippen LogP contribution in [0, 0.1) is 6.57 Å². The fraction of sp³-hybridized carbons (Fsp3) is 0.200. The Balaban J connectivity index is 2.67. The largest absolute Gasteiger partial charge is 0.311 e. The van der Waals surface area contributed by atoms with Gasteiger partial charge in [-0.25, -0.2) is 6.57 Å². The minimum absolute atomic E-state index is 0.477. The average Bonchev–Trinajstić information content (AvgIpc) is 2.19. The molecule has 1 heterocycles. The molecule has 0 N–H and O–H groups in total. The van der Waals surface area contributed by atoms with Crippen LogP contribution in [0.2, 0.25) is 0 Å². The zero-order chi connectivity index (χ0) is 5.82. The molecule has 0 unspecified atom stereocenters. The van der Waals surface area contributed by atoms with E-state index in [1.54, 1.807) is 11.7 Å². The number of aromatic nitrogens is 1. The van der Waals surface area contributed by atoms with Gasteiger partial charge in [0.1, 0.15) is 4.88 Å². The van der Waals surface area contributed by atoms with Crippen LogP contribution in [-0.4, -0.2) is 4.98 Å². The maximum atomic E-state index is 6.48. The molecule has 0 aromatic carbocycles. The zero-order valence-corrected chi connectivity index (χ0v) is 4.98. The van der Waals surface area contributed by atoms with Crippen LogP contribution in [0.15, 0.2) is 11.7 Å². The molecule has 0 saturated heterocycles. The van der Waals surface area contributed by atoms with Crippen LogP contribution in [0.5, 0.6) is 0 Å². The van der Waals surface area contributed by atoms with E-state index in [2.05, 4.69) is 9.83 Å². The average molecular weight is 124 g/mol. The molecule has 0 radical (unpaired) electrons. The van der Waals surface area contributed by atoms with Gasteiger partial charge in [0.2, 0.25) is 6.54 Å². The van der Waals surface area contributed by atoms with E-state index in [0.717, 1.165) is 4.88 Å². The van der Waals surface area contributed by atoms with E-state index in [0.29, 0.717) is 6.54 Å². The molecule has 0 atom stereocenters. The van der Waals surface area contributed by atoms with Crippen LogP contribution in [0.25, 0.3) is 4.85 Å². The quantitative estimate of drug-likeness (QED) is 0.519. The standard InChI is InChI=1S/C5H4N2S/c1-6-2-5-3-7-4-8-5/h3-4H,2H2. The molecule has 0 amide bonds. The lowest BCUT2D eigenvalue weighted by atomic mass is 10.6. The van der Waals surface area contributed by atoms with Gasteiger partial charge in [0, 0.05) is 6.20 Å². The third-order valence-corrected chi connectivity index (χ3v) is 1.48. The highest BCUT2D eigenvalue weighted by atomic mass is 32.1. The molecule has 0 spiro atoms. The van der Waals surface area contributed by atoms with Gasteiger partial charge in [-0.05, 0) is 0 Å². The van der Waals surface area contributed by atoms with E-state index in [-0.39, 0.29) is 0 Å². The predicted octanol–water partition coefficient (Wildman–Crippen LogP) is 1.56. The maximum absolute atomic E-state index is 6.48. The van der Waals surface area contributed by atoms with E-state index in [9.17, 15) is 0 Å². The summed E-state index contributed by atoms with van der Waals surface area (Å²) in [5, 5.41) is 0. The third kappa shape index (κ3) is 1.04. The van der Waals surface area contributed by atoms with E-state index < -0.39 is 0 Å². The Morgan fingerprint density at radius 1 is 1.88 bits per heavy atom. The maximum Gasteiger partial charge on any atom is 0.250 e. The Kier molecular flexibility index (Phi) is 1.60. The summed E-state index contributed by atoms with van der Waals surface area (Å²) in [4.78, 5) is 8.06. The van der Waals surface area contributed by atoms with Crippen molar-refractivity contribution in [3.63, 3.8) is 0 Å². The van der Waals surface area contributed by atoms with Crippen molar-refractivity contribution in [1.82, 2.24) is 4.98 Å². The number of thiazole rings is 1. The second-order valence-corrected chi connectivity index (χ2v) is 2.25. The van der Waals surface area contributed by atoms with Crippen LogP contribution < -0.4 is 0 Å². The molecular weight excluding hydrogens is 120 g/mol. The molecule has 0 saturated carbocycles. The molecule has 40 valence electrons. The monoisotopic (exact) mass is 124 g/mol. The lowest BCUT2D eigenvalue weighted by molar-refractivity contribution is 1.29. The van der Waals surface area contributed by atoms with Gasteiger partial charge in [-0.15, -0.1) is 11.3 Å². The SMILES string of the molecule is [C-]#[N+]Cc1cncs1. The van der Waals surface area contributed by atoms with Gasteiger partial charge in [0.15, 0.2) is 0 Å². The minimum Gasteiger partial charge on any atom is -0.311 e. The number of hydrogen-bond acceptors (Lipinski definition) is 2. The van der Waals surface area contributed by atoms with Gasteiger partial charge in [-0.3, -0.25) is 4.98 Å². The van der Waals surface area contributed by atoms with Gasteiger partial charge >= 0.3 is 0 Å². The van der Waals surface area contributed by atoms with Crippen LogP contribution in [0.3, 0.4) is 0 Å². The summed E-state index contributed by atoms with van der Waals surface area (Å²) in [5.74, 6) is 0. The predicted molar refractivity (Wildman–Crippen MR) is 32.4 cm³/mol. The van der Waals surface area contributed by atoms with Gasteiger partial charge in [-0.1, -0.05) is 0 Å². The van der Waals surface area contributed by atoms with Crippen molar-refractivity contribution >= 4 is 11.3 Å². The molecule has 8 heavy (non-hydrogen) atoms. The van der Waals surface area contributed by atoms with Crippen molar-refractivity contribution < 1.29 is 0 Å². The molecule has 0 fully saturated rings. The first-order valence-electron chi connectivity index (χ1n) is 2.14. The fourth-order valence-electron chi connectivity index (χ4n) is 0.398. The van der Waals surface area contributed by atoms with E-state index >= 15 is 0 Å². The van der Waals surface area contributed by atoms with E-state index in [4.69, 9.17) is 6.57 Å². The highest BCUT2D eigenvalue weighted by Gasteiger charge is 1.92. The Hall–Kier alpha value is -0.880. The fourth-order valence-corrected chi connectivity index (χ4v) is 0.916. The van der Waals surface area contributed by atoms with Crippen molar-refractivity contribution in [2.45, 2.75) is 6.54 Å². The first-order chi connectivity index (χ1) is 3.93. The Bertz CT molecular complexity index is 185. The van der Waals surface area contributed by atoms with Crippen LogP contribution in [0.1, 0.15) is 4.88 Å².